The molecule has 0 bridgehead atoms. The van der Waals surface area contributed by atoms with Crippen molar-refractivity contribution in [3.8, 4) is 0 Å². The third kappa shape index (κ3) is 3.43. The number of rotatable bonds is 5. The van der Waals surface area contributed by atoms with Crippen molar-refractivity contribution in [3.05, 3.63) is 83.9 Å². The predicted octanol–water partition coefficient (Wildman–Crippen LogP) is 3.50. The van der Waals surface area contributed by atoms with Crippen molar-refractivity contribution in [1.29, 1.82) is 0 Å². The lowest BCUT2D eigenvalue weighted by molar-refractivity contribution is -0.130. The number of hydrogen-bond donors (Lipinski definition) is 1. The Labute approximate surface area is 131 Å². The molecular formula is C19H21NO2. The summed E-state index contributed by atoms with van der Waals surface area (Å²) in [6.07, 6.45) is -0.808. The van der Waals surface area contributed by atoms with Crippen LogP contribution in [0.4, 0.5) is 0 Å². The van der Waals surface area contributed by atoms with Crippen LogP contribution in [0.5, 0.6) is 0 Å². The minimum absolute atomic E-state index is 0.177. The minimum Gasteiger partial charge on any atom is -0.386 e. The van der Waals surface area contributed by atoms with E-state index in [-0.39, 0.29) is 5.91 Å². The van der Waals surface area contributed by atoms with Gasteiger partial charge in [-0.2, -0.15) is 0 Å². The Bertz CT molecular complexity index is 637. The van der Waals surface area contributed by atoms with Gasteiger partial charge in [-0.15, -0.1) is 0 Å². The first-order valence-corrected chi connectivity index (χ1v) is 7.23. The molecule has 0 fully saturated rings. The van der Waals surface area contributed by atoms with Gasteiger partial charge in [-0.05, 0) is 18.1 Å². The second kappa shape index (κ2) is 7.05. The van der Waals surface area contributed by atoms with E-state index in [1.165, 1.54) is 0 Å². The number of aliphatic hydroxyl groups excluding tert-OH is 1. The Balaban J connectivity index is 2.42. The number of aliphatic hydroxyl groups is 1. The molecule has 1 amide bonds. The highest BCUT2D eigenvalue weighted by Crippen LogP contribution is 2.33. The summed E-state index contributed by atoms with van der Waals surface area (Å²) in [5.41, 5.74) is 2.11. The van der Waals surface area contributed by atoms with Gasteiger partial charge in [0.15, 0.2) is 0 Å². The molecule has 0 aliphatic carbocycles. The third-order valence-electron chi connectivity index (χ3n) is 3.68. The van der Waals surface area contributed by atoms with Crippen molar-refractivity contribution in [2.45, 2.75) is 19.1 Å². The van der Waals surface area contributed by atoms with Gasteiger partial charge >= 0.3 is 0 Å². The summed E-state index contributed by atoms with van der Waals surface area (Å²) >= 11 is 0. The van der Waals surface area contributed by atoms with E-state index in [4.69, 9.17) is 0 Å². The van der Waals surface area contributed by atoms with Crippen LogP contribution in [-0.2, 0) is 4.79 Å². The van der Waals surface area contributed by atoms with Crippen LogP contribution >= 0.6 is 0 Å². The SMILES string of the molecule is C=C(C)C(=O)N(C)[C@@H](c1ccccc1)[C@@H](O)c1ccccc1. The summed E-state index contributed by atoms with van der Waals surface area (Å²) in [5, 5.41) is 10.8. The molecule has 114 valence electrons. The third-order valence-corrected chi connectivity index (χ3v) is 3.68. The Morgan fingerprint density at radius 1 is 1.00 bits per heavy atom. The molecule has 1 N–H and O–H groups in total. The summed E-state index contributed by atoms with van der Waals surface area (Å²) in [5.74, 6) is -0.177. The summed E-state index contributed by atoms with van der Waals surface area (Å²) in [4.78, 5) is 13.9. The molecule has 2 aromatic rings. The van der Waals surface area contributed by atoms with Crippen LogP contribution < -0.4 is 0 Å². The summed E-state index contributed by atoms with van der Waals surface area (Å²) in [7, 11) is 1.70. The van der Waals surface area contributed by atoms with Crippen LogP contribution in [0.1, 0.15) is 30.2 Å². The quantitative estimate of drug-likeness (QED) is 0.858. The second-order valence-electron chi connectivity index (χ2n) is 5.41. The van der Waals surface area contributed by atoms with Gasteiger partial charge < -0.3 is 10.0 Å². The highest BCUT2D eigenvalue weighted by atomic mass is 16.3. The summed E-state index contributed by atoms with van der Waals surface area (Å²) in [6, 6.07) is 18.5. The fraction of sp³-hybridized carbons (Fsp3) is 0.211. The molecule has 0 radical (unpaired) electrons. The van der Waals surface area contributed by atoms with E-state index < -0.39 is 12.1 Å². The van der Waals surface area contributed by atoms with Crippen LogP contribution in [0.2, 0.25) is 0 Å². The van der Waals surface area contributed by atoms with E-state index in [0.29, 0.717) is 5.57 Å². The number of benzene rings is 2. The fourth-order valence-corrected chi connectivity index (χ4v) is 2.53. The normalized spacial score (nSPS) is 13.2. The van der Waals surface area contributed by atoms with E-state index >= 15 is 0 Å². The molecule has 3 heteroatoms. The fourth-order valence-electron chi connectivity index (χ4n) is 2.53. The van der Waals surface area contributed by atoms with E-state index in [1.54, 1.807) is 18.9 Å². The van der Waals surface area contributed by atoms with Crippen LogP contribution in [0.25, 0.3) is 0 Å². The molecule has 3 nitrogen and oxygen atoms in total. The highest BCUT2D eigenvalue weighted by molar-refractivity contribution is 5.92. The van der Waals surface area contributed by atoms with Crippen molar-refractivity contribution < 1.29 is 9.90 Å². The average molecular weight is 295 g/mol. The van der Waals surface area contributed by atoms with Crippen LogP contribution in [0, 0.1) is 0 Å². The first kappa shape index (κ1) is 16.0. The molecule has 0 saturated heterocycles. The molecule has 0 spiro atoms. The van der Waals surface area contributed by atoms with Gasteiger partial charge in [0.25, 0.3) is 0 Å². The van der Waals surface area contributed by atoms with Crippen LogP contribution in [-0.4, -0.2) is 23.0 Å². The standard InChI is InChI=1S/C19H21NO2/c1-14(2)19(22)20(3)17(15-10-6-4-7-11-15)18(21)16-12-8-5-9-13-16/h4-13,17-18,21H,1H2,2-3H3/t17-,18-/m0/s1. The highest BCUT2D eigenvalue weighted by Gasteiger charge is 2.29. The smallest absolute Gasteiger partial charge is 0.249 e. The molecular weight excluding hydrogens is 274 g/mol. The van der Waals surface area contributed by atoms with Gasteiger partial charge in [-0.1, -0.05) is 67.2 Å². The van der Waals surface area contributed by atoms with Gasteiger partial charge in [0, 0.05) is 12.6 Å². The number of nitrogens with zero attached hydrogens (tertiary/aromatic N) is 1. The number of hydrogen-bond acceptors (Lipinski definition) is 2. The zero-order valence-electron chi connectivity index (χ0n) is 12.9. The topological polar surface area (TPSA) is 40.5 Å². The van der Waals surface area contributed by atoms with Gasteiger partial charge in [0.1, 0.15) is 6.10 Å². The maximum absolute atomic E-state index is 12.3. The van der Waals surface area contributed by atoms with Gasteiger partial charge in [0.05, 0.1) is 6.04 Å². The molecule has 2 atom stereocenters. The molecule has 0 saturated carbocycles. The van der Waals surface area contributed by atoms with Gasteiger partial charge in [-0.25, -0.2) is 0 Å². The van der Waals surface area contributed by atoms with Gasteiger partial charge in [0.2, 0.25) is 5.91 Å². The van der Waals surface area contributed by atoms with E-state index in [1.807, 2.05) is 60.7 Å². The molecule has 0 aliphatic rings. The first-order chi connectivity index (χ1) is 10.5. The Morgan fingerprint density at radius 2 is 1.45 bits per heavy atom. The molecule has 0 heterocycles. The van der Waals surface area contributed by atoms with E-state index in [0.717, 1.165) is 11.1 Å². The van der Waals surface area contributed by atoms with Crippen molar-refractivity contribution in [3.63, 3.8) is 0 Å². The van der Waals surface area contributed by atoms with Crippen molar-refractivity contribution in [1.82, 2.24) is 4.90 Å². The number of amides is 1. The maximum atomic E-state index is 12.3. The minimum atomic E-state index is -0.808. The zero-order valence-corrected chi connectivity index (χ0v) is 12.9. The molecule has 0 aromatic heterocycles. The number of carbonyl (C=O) groups excluding carboxylic acids is 1. The number of likely N-dealkylation sites (N-methyl/N-ethyl adjacent to an activating group) is 1. The van der Waals surface area contributed by atoms with Crippen molar-refractivity contribution in [2.75, 3.05) is 7.05 Å². The Morgan fingerprint density at radius 3 is 1.91 bits per heavy atom. The predicted molar refractivity (Wildman–Crippen MR) is 88.2 cm³/mol. The van der Waals surface area contributed by atoms with Crippen molar-refractivity contribution >= 4 is 5.91 Å². The summed E-state index contributed by atoms with van der Waals surface area (Å²) < 4.78 is 0. The molecule has 2 aromatic carbocycles. The zero-order chi connectivity index (χ0) is 16.1. The van der Waals surface area contributed by atoms with E-state index in [2.05, 4.69) is 6.58 Å². The van der Waals surface area contributed by atoms with Crippen LogP contribution in [0.15, 0.2) is 72.8 Å². The van der Waals surface area contributed by atoms with Gasteiger partial charge in [-0.3, -0.25) is 4.79 Å². The van der Waals surface area contributed by atoms with Crippen LogP contribution in [0.3, 0.4) is 0 Å². The maximum Gasteiger partial charge on any atom is 0.249 e. The molecule has 0 aliphatic heterocycles. The molecule has 2 rings (SSSR count). The lowest BCUT2D eigenvalue weighted by Crippen LogP contribution is -2.35. The first-order valence-electron chi connectivity index (χ1n) is 7.23. The average Bonchev–Trinajstić information content (AvgIpc) is 2.55. The lowest BCUT2D eigenvalue weighted by Gasteiger charge is -2.33. The largest absolute Gasteiger partial charge is 0.386 e. The Hall–Kier alpha value is -2.39. The summed E-state index contributed by atoms with van der Waals surface area (Å²) in [6.45, 7) is 5.39. The molecule has 0 unspecified atom stereocenters. The molecule has 22 heavy (non-hydrogen) atoms. The lowest BCUT2D eigenvalue weighted by atomic mass is 9.94. The van der Waals surface area contributed by atoms with Crippen molar-refractivity contribution in [2.24, 2.45) is 0 Å². The monoisotopic (exact) mass is 295 g/mol. The Kier molecular flexibility index (Phi) is 5.12. The number of carbonyl (C=O) groups is 1. The van der Waals surface area contributed by atoms with E-state index in [9.17, 15) is 9.90 Å². The second-order valence-corrected chi connectivity index (χ2v) is 5.41.